The Morgan fingerprint density at radius 3 is 2.25 bits per heavy atom. The van der Waals surface area contributed by atoms with E-state index in [0.717, 1.165) is 0 Å². The van der Waals surface area contributed by atoms with E-state index >= 15 is 0 Å². The van der Waals surface area contributed by atoms with Crippen molar-refractivity contribution in [3.05, 3.63) is 0 Å². The van der Waals surface area contributed by atoms with Crippen LogP contribution in [0.25, 0.3) is 0 Å². The fraction of sp³-hybridized carbons (Fsp3) is 0.857. The molecule has 70 valence electrons. The van der Waals surface area contributed by atoms with Crippen molar-refractivity contribution in [1.29, 1.82) is 0 Å². The second kappa shape index (κ2) is 3.35. The van der Waals surface area contributed by atoms with Crippen molar-refractivity contribution in [3.8, 4) is 0 Å². The van der Waals surface area contributed by atoms with E-state index < -0.39 is 17.7 Å². The molecule has 12 heavy (non-hydrogen) atoms. The Labute approximate surface area is 69.3 Å². The van der Waals surface area contributed by atoms with Crippen molar-refractivity contribution >= 4 is 5.91 Å². The number of amides is 1. The summed E-state index contributed by atoms with van der Waals surface area (Å²) in [5, 5.41) is 0. The van der Waals surface area contributed by atoms with Crippen molar-refractivity contribution < 1.29 is 13.6 Å². The summed E-state index contributed by atoms with van der Waals surface area (Å²) in [7, 11) is 0. The Balaban J connectivity index is 2.78. The molecule has 3 N–H and O–H groups in total. The van der Waals surface area contributed by atoms with E-state index in [1.54, 1.807) is 0 Å². The number of alkyl halides is 2. The number of halogens is 2. The lowest BCUT2D eigenvalue weighted by atomic mass is 9.86. The lowest BCUT2D eigenvalue weighted by Crippen LogP contribution is -2.46. The molecule has 0 saturated heterocycles. The number of nitrogens with two attached hydrogens (primary N) is 1. The molecule has 0 atom stereocenters. The smallest absolute Gasteiger partial charge is 0.252 e. The molecule has 1 saturated carbocycles. The molecule has 1 amide bonds. The molecule has 0 aromatic carbocycles. The molecule has 0 heterocycles. The standard InChI is InChI=1S/C7H12F2N2O/c8-5(9)7(6(12)11-10)3-1-2-4-7/h5H,1-4,10H2,(H,11,12). The molecule has 0 aliphatic heterocycles. The van der Waals surface area contributed by atoms with Gasteiger partial charge in [-0.1, -0.05) is 12.8 Å². The van der Waals surface area contributed by atoms with E-state index in [1.807, 2.05) is 5.43 Å². The molecule has 1 fully saturated rings. The van der Waals surface area contributed by atoms with Crippen LogP contribution in [0.4, 0.5) is 8.78 Å². The van der Waals surface area contributed by atoms with Gasteiger partial charge in [-0.25, -0.2) is 14.6 Å². The molecule has 5 heteroatoms. The maximum atomic E-state index is 12.5. The summed E-state index contributed by atoms with van der Waals surface area (Å²) in [6.45, 7) is 0. The fourth-order valence-corrected chi connectivity index (χ4v) is 1.69. The number of hydrogen-bond acceptors (Lipinski definition) is 2. The van der Waals surface area contributed by atoms with Gasteiger partial charge >= 0.3 is 0 Å². The first-order valence-electron chi connectivity index (χ1n) is 3.93. The number of carbonyl (C=O) groups excluding carboxylic acids is 1. The number of hydrogen-bond donors (Lipinski definition) is 2. The summed E-state index contributed by atoms with van der Waals surface area (Å²) >= 11 is 0. The van der Waals surface area contributed by atoms with Gasteiger partial charge in [-0.2, -0.15) is 0 Å². The number of nitrogens with one attached hydrogen (secondary N) is 1. The van der Waals surface area contributed by atoms with E-state index in [9.17, 15) is 13.6 Å². The molecule has 3 nitrogen and oxygen atoms in total. The largest absolute Gasteiger partial charge is 0.294 e. The van der Waals surface area contributed by atoms with Crippen LogP contribution in [0.5, 0.6) is 0 Å². The third kappa shape index (κ3) is 1.29. The minimum absolute atomic E-state index is 0.244. The fourth-order valence-electron chi connectivity index (χ4n) is 1.69. The molecule has 1 aliphatic carbocycles. The highest BCUT2D eigenvalue weighted by atomic mass is 19.3. The van der Waals surface area contributed by atoms with Crippen molar-refractivity contribution in [2.75, 3.05) is 0 Å². The topological polar surface area (TPSA) is 55.1 Å². The normalized spacial score (nSPS) is 21.3. The average molecular weight is 178 g/mol. The maximum Gasteiger partial charge on any atom is 0.252 e. The van der Waals surface area contributed by atoms with Gasteiger partial charge < -0.3 is 0 Å². The van der Waals surface area contributed by atoms with Crippen molar-refractivity contribution in [2.45, 2.75) is 32.1 Å². The van der Waals surface area contributed by atoms with Crippen molar-refractivity contribution in [3.63, 3.8) is 0 Å². The van der Waals surface area contributed by atoms with Crippen LogP contribution in [0.15, 0.2) is 0 Å². The van der Waals surface area contributed by atoms with Crippen LogP contribution in [0.1, 0.15) is 25.7 Å². The molecule has 0 unspecified atom stereocenters. The Bertz CT molecular complexity index is 178. The van der Waals surface area contributed by atoms with Gasteiger partial charge in [0.25, 0.3) is 6.43 Å². The summed E-state index contributed by atoms with van der Waals surface area (Å²) in [5.74, 6) is 4.12. The SMILES string of the molecule is NNC(=O)C1(C(F)F)CCCC1. The molecule has 1 rings (SSSR count). The van der Waals surface area contributed by atoms with Crippen LogP contribution in [-0.2, 0) is 4.79 Å². The monoisotopic (exact) mass is 178 g/mol. The van der Waals surface area contributed by atoms with Gasteiger partial charge in [-0.3, -0.25) is 10.2 Å². The second-order valence-electron chi connectivity index (χ2n) is 3.14. The van der Waals surface area contributed by atoms with Crippen LogP contribution in [0, 0.1) is 5.41 Å². The van der Waals surface area contributed by atoms with E-state index in [2.05, 4.69) is 0 Å². The summed E-state index contributed by atoms with van der Waals surface area (Å²) in [5.41, 5.74) is 0.305. The molecular weight excluding hydrogens is 166 g/mol. The van der Waals surface area contributed by atoms with Gasteiger partial charge in [-0.05, 0) is 12.8 Å². The van der Waals surface area contributed by atoms with E-state index in [-0.39, 0.29) is 12.8 Å². The first-order chi connectivity index (χ1) is 5.63. The Kier molecular flexibility index (Phi) is 2.62. The Morgan fingerprint density at radius 2 is 1.92 bits per heavy atom. The molecule has 1 aliphatic rings. The molecule has 0 aromatic heterocycles. The quantitative estimate of drug-likeness (QED) is 0.373. The summed E-state index contributed by atoms with van der Waals surface area (Å²) in [6, 6.07) is 0. The van der Waals surface area contributed by atoms with Crippen LogP contribution in [-0.4, -0.2) is 12.3 Å². The van der Waals surface area contributed by atoms with Gasteiger partial charge in [0.2, 0.25) is 5.91 Å². The third-order valence-electron chi connectivity index (χ3n) is 2.50. The lowest BCUT2D eigenvalue weighted by molar-refractivity contribution is -0.140. The third-order valence-corrected chi connectivity index (χ3v) is 2.50. The van der Waals surface area contributed by atoms with Gasteiger partial charge in [-0.15, -0.1) is 0 Å². The molecule has 0 bridgehead atoms. The number of hydrazine groups is 1. The highest BCUT2D eigenvalue weighted by molar-refractivity contribution is 5.82. The predicted octanol–water partition coefficient (Wildman–Crippen LogP) is 0.802. The van der Waals surface area contributed by atoms with Gasteiger partial charge in [0.1, 0.15) is 5.41 Å². The minimum Gasteiger partial charge on any atom is -0.294 e. The zero-order valence-electron chi connectivity index (χ0n) is 6.65. The highest BCUT2D eigenvalue weighted by Gasteiger charge is 2.48. The van der Waals surface area contributed by atoms with E-state index in [4.69, 9.17) is 5.84 Å². The average Bonchev–Trinajstić information content (AvgIpc) is 2.52. The van der Waals surface area contributed by atoms with Crippen molar-refractivity contribution in [2.24, 2.45) is 11.3 Å². The summed E-state index contributed by atoms with van der Waals surface area (Å²) in [4.78, 5) is 11.1. The Morgan fingerprint density at radius 1 is 1.42 bits per heavy atom. The molecule has 0 aromatic rings. The van der Waals surface area contributed by atoms with Gasteiger partial charge in [0.15, 0.2) is 0 Å². The maximum absolute atomic E-state index is 12.5. The number of carbonyl (C=O) groups is 1. The minimum atomic E-state index is -2.61. The lowest BCUT2D eigenvalue weighted by Gasteiger charge is -2.24. The highest BCUT2D eigenvalue weighted by Crippen LogP contribution is 2.43. The van der Waals surface area contributed by atoms with Gasteiger partial charge in [0.05, 0.1) is 0 Å². The Hall–Kier alpha value is -0.710. The summed E-state index contributed by atoms with van der Waals surface area (Å²) in [6.07, 6.45) is -0.764. The van der Waals surface area contributed by atoms with Crippen LogP contribution < -0.4 is 11.3 Å². The molecule has 0 radical (unpaired) electrons. The van der Waals surface area contributed by atoms with Crippen molar-refractivity contribution in [1.82, 2.24) is 5.43 Å². The first kappa shape index (κ1) is 9.38. The van der Waals surface area contributed by atoms with Crippen LogP contribution in [0.2, 0.25) is 0 Å². The second-order valence-corrected chi connectivity index (χ2v) is 3.14. The first-order valence-corrected chi connectivity index (χ1v) is 3.93. The summed E-state index contributed by atoms with van der Waals surface area (Å²) < 4.78 is 25.0. The van der Waals surface area contributed by atoms with Crippen LogP contribution >= 0.6 is 0 Å². The predicted molar refractivity (Wildman–Crippen MR) is 39.2 cm³/mol. The number of rotatable bonds is 2. The zero-order valence-corrected chi connectivity index (χ0v) is 6.65. The van der Waals surface area contributed by atoms with E-state index in [1.165, 1.54) is 0 Å². The van der Waals surface area contributed by atoms with E-state index in [0.29, 0.717) is 12.8 Å². The zero-order chi connectivity index (χ0) is 9.19. The molecule has 0 spiro atoms. The van der Waals surface area contributed by atoms with Crippen LogP contribution in [0.3, 0.4) is 0 Å². The molecular formula is C7H12F2N2O. The van der Waals surface area contributed by atoms with Gasteiger partial charge in [0, 0.05) is 0 Å².